The second kappa shape index (κ2) is 9.40. The van der Waals surface area contributed by atoms with E-state index in [9.17, 15) is 9.59 Å². The third-order valence-corrected chi connectivity index (χ3v) is 5.30. The van der Waals surface area contributed by atoms with Crippen molar-refractivity contribution in [2.45, 2.75) is 38.6 Å². The molecule has 28 heavy (non-hydrogen) atoms. The van der Waals surface area contributed by atoms with Crippen LogP contribution in [0.1, 0.15) is 48.0 Å². The van der Waals surface area contributed by atoms with E-state index in [0.717, 1.165) is 42.6 Å². The van der Waals surface area contributed by atoms with Gasteiger partial charge < -0.3 is 15.5 Å². The lowest BCUT2D eigenvalue weighted by molar-refractivity contribution is -0.126. The first-order valence-corrected chi connectivity index (χ1v) is 9.98. The lowest BCUT2D eigenvalue weighted by atomic mass is 9.88. The lowest BCUT2D eigenvalue weighted by Crippen LogP contribution is -2.31. The largest absolute Gasteiger partial charge is 0.378 e. The summed E-state index contributed by atoms with van der Waals surface area (Å²) in [6, 6.07) is 15.1. The molecule has 2 N–H and O–H groups in total. The minimum absolute atomic E-state index is 0.143. The van der Waals surface area contributed by atoms with Gasteiger partial charge >= 0.3 is 0 Å². The molecule has 1 fully saturated rings. The number of hydrogen-bond acceptors (Lipinski definition) is 3. The fraction of sp³-hybridized carbons (Fsp3) is 0.391. The number of amides is 2. The van der Waals surface area contributed by atoms with Gasteiger partial charge in [0, 0.05) is 43.5 Å². The van der Waals surface area contributed by atoms with E-state index < -0.39 is 0 Å². The summed E-state index contributed by atoms with van der Waals surface area (Å²) in [5.74, 6) is 0.177. The van der Waals surface area contributed by atoms with E-state index in [-0.39, 0.29) is 17.7 Å². The van der Waals surface area contributed by atoms with Crippen molar-refractivity contribution in [2.75, 3.05) is 24.3 Å². The van der Waals surface area contributed by atoms with Gasteiger partial charge in [-0.25, -0.2) is 0 Å². The smallest absolute Gasteiger partial charge is 0.255 e. The van der Waals surface area contributed by atoms with Crippen molar-refractivity contribution >= 4 is 23.2 Å². The molecule has 0 unspecified atom stereocenters. The maximum Gasteiger partial charge on any atom is 0.255 e. The van der Waals surface area contributed by atoms with Crippen LogP contribution < -0.4 is 15.5 Å². The van der Waals surface area contributed by atoms with Crippen molar-refractivity contribution in [1.82, 2.24) is 5.32 Å². The van der Waals surface area contributed by atoms with E-state index >= 15 is 0 Å². The fourth-order valence-electron chi connectivity index (χ4n) is 3.52. The van der Waals surface area contributed by atoms with Crippen LogP contribution in [0.15, 0.2) is 48.5 Å². The Bertz CT molecular complexity index is 792. The highest BCUT2D eigenvalue weighted by Gasteiger charge is 2.20. The Labute approximate surface area is 167 Å². The summed E-state index contributed by atoms with van der Waals surface area (Å²) in [5, 5.41) is 5.94. The zero-order chi connectivity index (χ0) is 19.9. The van der Waals surface area contributed by atoms with Crippen LogP contribution in [0, 0.1) is 5.92 Å². The minimum atomic E-state index is -0.143. The van der Waals surface area contributed by atoms with E-state index in [1.54, 1.807) is 12.1 Å². The Morgan fingerprint density at radius 1 is 0.929 bits per heavy atom. The highest BCUT2D eigenvalue weighted by Crippen LogP contribution is 2.23. The third kappa shape index (κ3) is 5.35. The molecule has 3 rings (SSSR count). The summed E-state index contributed by atoms with van der Waals surface area (Å²) in [4.78, 5) is 26.7. The number of rotatable bonds is 6. The van der Waals surface area contributed by atoms with Crippen molar-refractivity contribution in [1.29, 1.82) is 0 Å². The molecule has 5 nitrogen and oxygen atoms in total. The van der Waals surface area contributed by atoms with Gasteiger partial charge in [-0.15, -0.1) is 0 Å². The molecule has 0 saturated heterocycles. The zero-order valence-electron chi connectivity index (χ0n) is 16.7. The summed E-state index contributed by atoms with van der Waals surface area (Å²) in [5.41, 5.74) is 3.44. The normalized spacial score (nSPS) is 14.4. The second-order valence-electron chi connectivity index (χ2n) is 7.65. The van der Waals surface area contributed by atoms with Gasteiger partial charge in [-0.2, -0.15) is 0 Å². The number of carbonyl (C=O) groups is 2. The van der Waals surface area contributed by atoms with Crippen molar-refractivity contribution < 1.29 is 9.59 Å². The van der Waals surface area contributed by atoms with Gasteiger partial charge in [0.1, 0.15) is 0 Å². The van der Waals surface area contributed by atoms with Crippen LogP contribution >= 0.6 is 0 Å². The molecular weight excluding hydrogens is 350 g/mol. The Morgan fingerprint density at radius 3 is 2.18 bits per heavy atom. The monoisotopic (exact) mass is 379 g/mol. The quantitative estimate of drug-likeness (QED) is 0.791. The van der Waals surface area contributed by atoms with Crippen molar-refractivity contribution in [3.8, 4) is 0 Å². The van der Waals surface area contributed by atoms with Crippen LogP contribution in [0.3, 0.4) is 0 Å². The number of benzene rings is 2. The summed E-state index contributed by atoms with van der Waals surface area (Å²) in [7, 11) is 3.96. The summed E-state index contributed by atoms with van der Waals surface area (Å²) >= 11 is 0. The molecule has 5 heteroatoms. The number of anilines is 2. The van der Waals surface area contributed by atoms with Gasteiger partial charge in [0.2, 0.25) is 5.91 Å². The number of hydrogen-bond donors (Lipinski definition) is 2. The number of nitrogens with one attached hydrogen (secondary N) is 2. The van der Waals surface area contributed by atoms with Gasteiger partial charge in [-0.05, 0) is 54.8 Å². The van der Waals surface area contributed by atoms with Crippen LogP contribution in [0.25, 0.3) is 0 Å². The summed E-state index contributed by atoms with van der Waals surface area (Å²) < 4.78 is 0. The fourth-order valence-corrected chi connectivity index (χ4v) is 3.52. The third-order valence-electron chi connectivity index (χ3n) is 5.30. The van der Waals surface area contributed by atoms with Crippen LogP contribution in [-0.2, 0) is 11.3 Å². The molecule has 0 aliphatic heterocycles. The van der Waals surface area contributed by atoms with E-state index in [2.05, 4.69) is 10.6 Å². The molecular formula is C23H29N3O2. The standard InChI is InChI=1S/C23H29N3O2/c1-26(2)21-14-12-20(13-15-21)25-23(28)19-10-8-17(9-11-19)16-24-22(27)18-6-4-3-5-7-18/h8-15,18H,3-7,16H2,1-2H3,(H,24,27)(H,25,28). The van der Waals surface area contributed by atoms with Gasteiger partial charge in [-0.3, -0.25) is 9.59 Å². The highest BCUT2D eigenvalue weighted by molar-refractivity contribution is 6.04. The van der Waals surface area contributed by atoms with E-state index in [4.69, 9.17) is 0 Å². The summed E-state index contributed by atoms with van der Waals surface area (Å²) in [6.45, 7) is 0.503. The van der Waals surface area contributed by atoms with Gasteiger partial charge in [-0.1, -0.05) is 31.4 Å². The predicted molar refractivity (Wildman–Crippen MR) is 114 cm³/mol. The van der Waals surface area contributed by atoms with Crippen LogP contribution in [-0.4, -0.2) is 25.9 Å². The first-order chi connectivity index (χ1) is 13.5. The Morgan fingerprint density at radius 2 is 1.57 bits per heavy atom. The van der Waals surface area contributed by atoms with Crippen LogP contribution in [0.4, 0.5) is 11.4 Å². The molecule has 1 aliphatic rings. The first-order valence-electron chi connectivity index (χ1n) is 9.98. The predicted octanol–water partition coefficient (Wildman–Crippen LogP) is 4.20. The molecule has 1 aliphatic carbocycles. The van der Waals surface area contributed by atoms with Crippen molar-refractivity contribution in [3.63, 3.8) is 0 Å². The van der Waals surface area contributed by atoms with Crippen molar-refractivity contribution in [3.05, 3.63) is 59.7 Å². The Hall–Kier alpha value is -2.82. The van der Waals surface area contributed by atoms with Gasteiger partial charge in [0.25, 0.3) is 5.91 Å². The molecule has 2 amide bonds. The zero-order valence-corrected chi connectivity index (χ0v) is 16.7. The molecule has 0 spiro atoms. The first kappa shape index (κ1) is 19.9. The molecule has 0 radical (unpaired) electrons. The van der Waals surface area contributed by atoms with Crippen LogP contribution in [0.5, 0.6) is 0 Å². The summed E-state index contributed by atoms with van der Waals surface area (Å²) in [6.07, 6.45) is 5.55. The highest BCUT2D eigenvalue weighted by atomic mass is 16.2. The maximum absolute atomic E-state index is 12.4. The topological polar surface area (TPSA) is 61.4 Å². The van der Waals surface area contributed by atoms with E-state index in [1.165, 1.54) is 6.42 Å². The Kier molecular flexibility index (Phi) is 6.69. The lowest BCUT2D eigenvalue weighted by Gasteiger charge is -2.20. The van der Waals surface area contributed by atoms with Crippen molar-refractivity contribution in [2.24, 2.45) is 5.92 Å². The molecule has 148 valence electrons. The molecule has 0 heterocycles. The molecule has 2 aromatic carbocycles. The molecule has 0 aromatic heterocycles. The maximum atomic E-state index is 12.4. The SMILES string of the molecule is CN(C)c1ccc(NC(=O)c2ccc(CNC(=O)C3CCCCC3)cc2)cc1. The van der Waals surface area contributed by atoms with E-state index in [1.807, 2.05) is 55.4 Å². The molecule has 2 aromatic rings. The second-order valence-corrected chi connectivity index (χ2v) is 7.65. The number of nitrogens with zero attached hydrogens (tertiary/aromatic N) is 1. The Balaban J connectivity index is 1.51. The van der Waals surface area contributed by atoms with E-state index in [0.29, 0.717) is 12.1 Å². The number of carbonyl (C=O) groups excluding carboxylic acids is 2. The molecule has 1 saturated carbocycles. The average Bonchev–Trinajstić information content (AvgIpc) is 2.73. The van der Waals surface area contributed by atoms with Gasteiger partial charge in [0.05, 0.1) is 0 Å². The molecule has 0 bridgehead atoms. The average molecular weight is 380 g/mol. The molecule has 0 atom stereocenters. The van der Waals surface area contributed by atoms with Crippen LogP contribution in [0.2, 0.25) is 0 Å². The van der Waals surface area contributed by atoms with Gasteiger partial charge in [0.15, 0.2) is 0 Å². The minimum Gasteiger partial charge on any atom is -0.378 e.